The van der Waals surface area contributed by atoms with Gasteiger partial charge in [0.15, 0.2) is 0 Å². The van der Waals surface area contributed by atoms with Crippen LogP contribution >= 0.6 is 0 Å². The molecular formula is C23H22F6O4. The average Bonchev–Trinajstić information content (AvgIpc) is 2.76. The predicted octanol–water partition coefficient (Wildman–Crippen LogP) is 6.08. The van der Waals surface area contributed by atoms with Gasteiger partial charge in [0.25, 0.3) is 0 Å². The number of hydrogen-bond donors (Lipinski definition) is 0. The normalized spacial score (nSPS) is 13.8. The number of carbonyl (C=O) groups excluding carboxylic acids is 2. The average molecular weight is 476 g/mol. The van der Waals surface area contributed by atoms with Gasteiger partial charge in [-0.2, -0.15) is 26.3 Å². The first kappa shape index (κ1) is 26.2. The summed E-state index contributed by atoms with van der Waals surface area (Å²) >= 11 is 0. The van der Waals surface area contributed by atoms with Crippen molar-refractivity contribution in [1.82, 2.24) is 0 Å². The predicted molar refractivity (Wildman–Crippen MR) is 107 cm³/mol. The maximum Gasteiger partial charge on any atom is 0.425 e. The Morgan fingerprint density at radius 2 is 0.970 bits per heavy atom. The van der Waals surface area contributed by atoms with E-state index in [0.29, 0.717) is 12.8 Å². The smallest absolute Gasteiger partial charge is 0.425 e. The Morgan fingerprint density at radius 1 is 0.667 bits per heavy atom. The van der Waals surface area contributed by atoms with Crippen molar-refractivity contribution in [2.75, 3.05) is 0 Å². The highest BCUT2D eigenvalue weighted by atomic mass is 19.4. The molecule has 0 bridgehead atoms. The first-order valence-electron chi connectivity index (χ1n) is 10.1. The summed E-state index contributed by atoms with van der Waals surface area (Å²) in [6.07, 6.45) is -17.5. The second kappa shape index (κ2) is 10.7. The molecule has 0 aliphatic rings. The second-order valence-corrected chi connectivity index (χ2v) is 7.21. The maximum absolute atomic E-state index is 13.4. The van der Waals surface area contributed by atoms with Crippen LogP contribution in [-0.2, 0) is 22.3 Å². The van der Waals surface area contributed by atoms with E-state index in [4.69, 9.17) is 0 Å². The van der Waals surface area contributed by atoms with Gasteiger partial charge in [-0.25, -0.2) is 9.59 Å². The third kappa shape index (κ3) is 7.50. The van der Waals surface area contributed by atoms with Crippen LogP contribution in [-0.4, -0.2) is 36.5 Å². The lowest BCUT2D eigenvalue weighted by atomic mass is 10.1. The molecule has 2 unspecified atom stereocenters. The zero-order chi connectivity index (χ0) is 24.8. The molecule has 33 heavy (non-hydrogen) atoms. The molecule has 0 N–H and O–H groups in total. The molecular weight excluding hydrogens is 454 g/mol. The molecule has 0 heterocycles. The Morgan fingerprint density at radius 3 is 1.21 bits per heavy atom. The number of esters is 2. The monoisotopic (exact) mass is 476 g/mol. The first-order valence-corrected chi connectivity index (χ1v) is 10.1. The largest absolute Gasteiger partial charge is 0.449 e. The number of benzene rings is 2. The molecule has 0 amide bonds. The van der Waals surface area contributed by atoms with Gasteiger partial charge in [0.1, 0.15) is 0 Å². The van der Waals surface area contributed by atoms with E-state index in [-0.39, 0.29) is 11.1 Å². The first-order chi connectivity index (χ1) is 15.3. The number of rotatable bonds is 8. The van der Waals surface area contributed by atoms with E-state index >= 15 is 0 Å². The summed E-state index contributed by atoms with van der Waals surface area (Å²) < 4.78 is 89.3. The van der Waals surface area contributed by atoms with Crippen LogP contribution < -0.4 is 0 Å². The van der Waals surface area contributed by atoms with Gasteiger partial charge in [-0.1, -0.05) is 38.1 Å². The Balaban J connectivity index is 2.20. The summed E-state index contributed by atoms with van der Waals surface area (Å²) in [5, 5.41) is 0. The molecule has 0 aliphatic carbocycles. The summed E-state index contributed by atoms with van der Waals surface area (Å²) in [5.41, 5.74) is 1.10. The van der Waals surface area contributed by atoms with E-state index in [9.17, 15) is 35.9 Å². The molecule has 0 aliphatic heterocycles. The molecule has 4 nitrogen and oxygen atoms in total. The summed E-state index contributed by atoms with van der Waals surface area (Å²) in [6, 6.07) is 10.8. The molecule has 0 radical (unpaired) electrons. The molecule has 2 rings (SSSR count). The van der Waals surface area contributed by atoms with Gasteiger partial charge in [-0.05, 0) is 48.2 Å². The number of halogens is 6. The number of carbonyl (C=O) groups is 2. The number of alkyl halides is 6. The molecule has 10 heteroatoms. The fraction of sp³-hybridized carbons (Fsp3) is 0.391. The van der Waals surface area contributed by atoms with E-state index in [2.05, 4.69) is 9.47 Å². The lowest BCUT2D eigenvalue weighted by molar-refractivity contribution is -0.244. The lowest BCUT2D eigenvalue weighted by Crippen LogP contribution is -2.43. The third-order valence-electron chi connectivity index (χ3n) is 4.85. The summed E-state index contributed by atoms with van der Waals surface area (Å²) in [6.45, 7) is 3.65. The van der Waals surface area contributed by atoms with Gasteiger partial charge in [-0.3, -0.25) is 0 Å². The Kier molecular flexibility index (Phi) is 8.51. The van der Waals surface area contributed by atoms with Gasteiger partial charge in [0.2, 0.25) is 12.2 Å². The fourth-order valence-corrected chi connectivity index (χ4v) is 2.84. The van der Waals surface area contributed by atoms with Crippen molar-refractivity contribution in [3.8, 4) is 0 Å². The van der Waals surface area contributed by atoms with Crippen LogP contribution in [0.3, 0.4) is 0 Å². The molecule has 2 atom stereocenters. The second-order valence-electron chi connectivity index (χ2n) is 7.21. The molecule has 0 saturated carbocycles. The number of aryl methyl sites for hydroxylation is 2. The van der Waals surface area contributed by atoms with Crippen LogP contribution in [0.15, 0.2) is 48.5 Å². The van der Waals surface area contributed by atoms with Gasteiger partial charge in [-0.15, -0.1) is 0 Å². The van der Waals surface area contributed by atoms with Crippen LogP contribution in [0.25, 0.3) is 0 Å². The fourth-order valence-electron chi connectivity index (χ4n) is 2.84. The van der Waals surface area contributed by atoms with Crippen molar-refractivity contribution in [1.29, 1.82) is 0 Å². The summed E-state index contributed by atoms with van der Waals surface area (Å²) in [5.74, 6) is -2.88. The van der Waals surface area contributed by atoms with Crippen molar-refractivity contribution in [2.24, 2.45) is 0 Å². The minimum atomic E-state index is -5.32. The van der Waals surface area contributed by atoms with Crippen molar-refractivity contribution in [3.05, 3.63) is 70.8 Å². The zero-order valence-electron chi connectivity index (χ0n) is 17.8. The molecule has 2 aromatic carbocycles. The Hall–Kier alpha value is -3.04. The van der Waals surface area contributed by atoms with Crippen LogP contribution in [0, 0.1) is 0 Å². The van der Waals surface area contributed by atoms with Crippen molar-refractivity contribution < 1.29 is 45.4 Å². The molecule has 180 valence electrons. The quantitative estimate of drug-likeness (QED) is 0.343. The van der Waals surface area contributed by atoms with E-state index in [1.165, 1.54) is 48.5 Å². The molecule has 0 saturated heterocycles. The minimum absolute atomic E-state index is 0.252. The number of hydrogen-bond acceptors (Lipinski definition) is 4. The maximum atomic E-state index is 13.4. The van der Waals surface area contributed by atoms with Crippen molar-refractivity contribution in [3.63, 3.8) is 0 Å². The topological polar surface area (TPSA) is 52.6 Å². The van der Waals surface area contributed by atoms with Crippen molar-refractivity contribution >= 4 is 11.9 Å². The van der Waals surface area contributed by atoms with Crippen LogP contribution in [0.1, 0.15) is 52.1 Å². The lowest BCUT2D eigenvalue weighted by Gasteiger charge is -2.27. The van der Waals surface area contributed by atoms with E-state index in [0.717, 1.165) is 11.1 Å². The van der Waals surface area contributed by atoms with Gasteiger partial charge < -0.3 is 9.47 Å². The van der Waals surface area contributed by atoms with Gasteiger partial charge in [0.05, 0.1) is 11.1 Å². The summed E-state index contributed by atoms with van der Waals surface area (Å²) in [7, 11) is 0. The van der Waals surface area contributed by atoms with Crippen LogP contribution in [0.2, 0.25) is 0 Å². The number of ether oxygens (including phenoxy) is 2. The minimum Gasteiger partial charge on any atom is -0.449 e. The standard InChI is InChI=1S/C23H22F6O4/c1-3-14-5-9-16(10-6-14)20(30)32-18(22(24,25)26)13-19(23(27,28)29)33-21(31)17-11-7-15(4-2)8-12-17/h5-12,18-19H,3-4,13H2,1-2H3. The van der Waals surface area contributed by atoms with Gasteiger partial charge in [0, 0.05) is 6.42 Å². The van der Waals surface area contributed by atoms with E-state index < -0.39 is 42.9 Å². The molecule has 2 aromatic rings. The van der Waals surface area contributed by atoms with Crippen LogP contribution in [0.5, 0.6) is 0 Å². The van der Waals surface area contributed by atoms with Crippen LogP contribution in [0.4, 0.5) is 26.3 Å². The SMILES string of the molecule is CCc1ccc(C(=O)OC(CC(OC(=O)c2ccc(CC)cc2)C(F)(F)F)C(F)(F)F)cc1. The van der Waals surface area contributed by atoms with Crippen molar-refractivity contribution in [2.45, 2.75) is 57.7 Å². The highest BCUT2D eigenvalue weighted by Crippen LogP contribution is 2.34. The molecule has 0 aromatic heterocycles. The third-order valence-corrected chi connectivity index (χ3v) is 4.85. The Bertz CT molecular complexity index is 856. The zero-order valence-corrected chi connectivity index (χ0v) is 17.8. The molecule has 0 fully saturated rings. The molecule has 0 spiro atoms. The van der Waals surface area contributed by atoms with E-state index in [1.807, 2.05) is 13.8 Å². The van der Waals surface area contributed by atoms with Gasteiger partial charge >= 0.3 is 24.3 Å². The Labute approximate surface area is 186 Å². The highest BCUT2D eigenvalue weighted by molar-refractivity contribution is 5.90. The summed E-state index contributed by atoms with van der Waals surface area (Å²) in [4.78, 5) is 24.3. The van der Waals surface area contributed by atoms with E-state index in [1.54, 1.807) is 0 Å². The highest BCUT2D eigenvalue weighted by Gasteiger charge is 2.51.